The third-order valence-corrected chi connectivity index (χ3v) is 4.78. The molecule has 1 saturated heterocycles. The van der Waals surface area contributed by atoms with E-state index >= 15 is 0 Å². The normalized spacial score (nSPS) is 14.3. The molecule has 2 aromatic rings. The van der Waals surface area contributed by atoms with Crippen LogP contribution in [0, 0.1) is 0 Å². The number of likely N-dealkylation sites (tertiary alicyclic amines) is 1. The molecule has 1 aliphatic heterocycles. The minimum Gasteiger partial charge on any atom is -0.496 e. The van der Waals surface area contributed by atoms with Crippen molar-refractivity contribution in [1.29, 1.82) is 0 Å². The van der Waals surface area contributed by atoms with Crippen molar-refractivity contribution in [3.8, 4) is 5.75 Å². The van der Waals surface area contributed by atoms with Crippen molar-refractivity contribution in [2.75, 3.05) is 32.1 Å². The van der Waals surface area contributed by atoms with E-state index in [-0.39, 0.29) is 30.3 Å². The minimum atomic E-state index is -0.246. The Balaban J connectivity index is 0.00000280. The fourth-order valence-corrected chi connectivity index (χ4v) is 3.36. The van der Waals surface area contributed by atoms with Crippen LogP contribution in [0.1, 0.15) is 35.7 Å². The number of ether oxygens (including phenoxy) is 1. The van der Waals surface area contributed by atoms with Crippen LogP contribution in [0.5, 0.6) is 5.75 Å². The highest BCUT2D eigenvalue weighted by Gasteiger charge is 2.25. The predicted octanol–water partition coefficient (Wildman–Crippen LogP) is 2.08. The average molecular weight is 408 g/mol. The number of carbonyl (C=O) groups excluding carboxylic acids is 2. The third kappa shape index (κ3) is 4.82. The van der Waals surface area contributed by atoms with Crippen LogP contribution in [-0.4, -0.2) is 53.2 Å². The molecule has 0 saturated carbocycles. The molecule has 0 atom stereocenters. The molecule has 2 heterocycles. The second-order valence-electron chi connectivity index (χ2n) is 6.47. The van der Waals surface area contributed by atoms with Crippen molar-refractivity contribution in [2.24, 2.45) is 5.73 Å². The lowest BCUT2D eigenvalue weighted by molar-refractivity contribution is -0.132. The summed E-state index contributed by atoms with van der Waals surface area (Å²) in [6.07, 6.45) is 3.63. The van der Waals surface area contributed by atoms with E-state index < -0.39 is 0 Å². The third-order valence-electron chi connectivity index (χ3n) is 4.78. The summed E-state index contributed by atoms with van der Waals surface area (Å²) in [7, 11) is 1.54. The van der Waals surface area contributed by atoms with E-state index in [4.69, 9.17) is 10.5 Å². The van der Waals surface area contributed by atoms with Gasteiger partial charge in [-0.2, -0.15) is 5.10 Å². The number of piperidine rings is 1. The van der Waals surface area contributed by atoms with Gasteiger partial charge in [0.1, 0.15) is 11.6 Å². The molecule has 0 spiro atoms. The van der Waals surface area contributed by atoms with Gasteiger partial charge in [-0.05, 0) is 25.0 Å². The quantitative estimate of drug-likeness (QED) is 0.763. The van der Waals surface area contributed by atoms with Crippen LogP contribution in [-0.2, 0) is 4.79 Å². The highest BCUT2D eigenvalue weighted by atomic mass is 35.5. The van der Waals surface area contributed by atoms with Crippen LogP contribution in [0.2, 0.25) is 0 Å². The Kier molecular flexibility index (Phi) is 7.83. The van der Waals surface area contributed by atoms with Crippen molar-refractivity contribution < 1.29 is 14.3 Å². The monoisotopic (exact) mass is 407 g/mol. The van der Waals surface area contributed by atoms with E-state index in [0.717, 1.165) is 12.8 Å². The molecule has 1 aliphatic rings. The van der Waals surface area contributed by atoms with Gasteiger partial charge in [0.15, 0.2) is 0 Å². The molecule has 2 amide bonds. The number of halogens is 1. The molecule has 1 fully saturated rings. The Morgan fingerprint density at radius 1 is 1.25 bits per heavy atom. The van der Waals surface area contributed by atoms with Crippen LogP contribution in [0.4, 0.5) is 5.82 Å². The van der Waals surface area contributed by atoms with Crippen LogP contribution in [0.25, 0.3) is 0 Å². The average Bonchev–Trinajstić information content (AvgIpc) is 3.16. The van der Waals surface area contributed by atoms with Gasteiger partial charge in [-0.25, -0.2) is 4.68 Å². The number of amides is 2. The molecule has 28 heavy (non-hydrogen) atoms. The van der Waals surface area contributed by atoms with E-state index in [1.54, 1.807) is 30.5 Å². The second-order valence-corrected chi connectivity index (χ2v) is 6.47. The van der Waals surface area contributed by atoms with Crippen molar-refractivity contribution in [3.05, 3.63) is 42.1 Å². The molecule has 0 bridgehead atoms. The Labute approximate surface area is 170 Å². The lowest BCUT2D eigenvalue weighted by Crippen LogP contribution is -2.40. The smallest absolute Gasteiger partial charge is 0.260 e. The molecule has 3 rings (SSSR count). The first-order valence-electron chi connectivity index (χ1n) is 9.09. The first kappa shape index (κ1) is 21.7. The Morgan fingerprint density at radius 2 is 1.96 bits per heavy atom. The number of aromatic nitrogens is 2. The van der Waals surface area contributed by atoms with Crippen LogP contribution in [0.3, 0.4) is 0 Å². The molecule has 0 aliphatic carbocycles. The van der Waals surface area contributed by atoms with Crippen LogP contribution < -0.4 is 15.8 Å². The van der Waals surface area contributed by atoms with Gasteiger partial charge in [-0.3, -0.25) is 9.59 Å². The molecular weight excluding hydrogens is 382 g/mol. The number of nitrogens with zero attached hydrogens (tertiary/aromatic N) is 3. The van der Waals surface area contributed by atoms with Crippen LogP contribution >= 0.6 is 12.4 Å². The van der Waals surface area contributed by atoms with Crippen molar-refractivity contribution in [3.63, 3.8) is 0 Å². The predicted molar refractivity (Wildman–Crippen MR) is 109 cm³/mol. The molecule has 9 heteroatoms. The maximum absolute atomic E-state index is 12.6. The SMILES string of the molecule is COc1ccccc1C(=O)Nc1ccnn1C1CCN(C(=O)CCN)CC1.Cl. The van der Waals surface area contributed by atoms with E-state index in [1.165, 1.54) is 7.11 Å². The standard InChI is InChI=1S/C19H25N5O3.ClH/c1-27-16-5-3-2-4-15(16)19(26)22-17-7-11-21-24(17)14-8-12-23(13-9-14)18(25)6-10-20;/h2-5,7,11,14H,6,8-10,12-13,20H2,1H3,(H,22,26);1H. The fraction of sp³-hybridized carbons (Fsp3) is 0.421. The zero-order chi connectivity index (χ0) is 19.2. The lowest BCUT2D eigenvalue weighted by Gasteiger charge is -2.32. The van der Waals surface area contributed by atoms with Gasteiger partial charge < -0.3 is 20.7 Å². The van der Waals surface area contributed by atoms with Gasteiger partial charge in [0.2, 0.25) is 5.91 Å². The Hall–Kier alpha value is -2.58. The fourth-order valence-electron chi connectivity index (χ4n) is 3.36. The van der Waals surface area contributed by atoms with E-state index in [1.807, 2.05) is 15.6 Å². The first-order chi connectivity index (χ1) is 13.1. The number of carbonyl (C=O) groups is 2. The number of nitrogens with two attached hydrogens (primary N) is 1. The maximum Gasteiger partial charge on any atom is 0.260 e. The Morgan fingerprint density at radius 3 is 2.64 bits per heavy atom. The van der Waals surface area contributed by atoms with Gasteiger partial charge in [-0.15, -0.1) is 12.4 Å². The topological polar surface area (TPSA) is 102 Å². The van der Waals surface area contributed by atoms with Crippen LogP contribution in [0.15, 0.2) is 36.5 Å². The molecule has 0 unspecified atom stereocenters. The molecule has 1 aromatic carbocycles. The van der Waals surface area contributed by atoms with Crippen molar-refractivity contribution >= 4 is 30.0 Å². The summed E-state index contributed by atoms with van der Waals surface area (Å²) in [5.74, 6) is 1.01. The van der Waals surface area contributed by atoms with Gasteiger partial charge in [0, 0.05) is 32.1 Å². The van der Waals surface area contributed by atoms with E-state index in [9.17, 15) is 9.59 Å². The highest BCUT2D eigenvalue weighted by Crippen LogP contribution is 2.26. The number of methoxy groups -OCH3 is 1. The molecule has 3 N–H and O–H groups in total. The minimum absolute atomic E-state index is 0. The largest absolute Gasteiger partial charge is 0.496 e. The summed E-state index contributed by atoms with van der Waals surface area (Å²) in [5.41, 5.74) is 5.93. The zero-order valence-corrected chi connectivity index (χ0v) is 16.7. The number of benzene rings is 1. The van der Waals surface area contributed by atoms with Gasteiger partial charge in [-0.1, -0.05) is 12.1 Å². The van der Waals surface area contributed by atoms with E-state index in [0.29, 0.717) is 43.2 Å². The summed E-state index contributed by atoms with van der Waals surface area (Å²) in [5, 5.41) is 7.30. The number of rotatable bonds is 6. The summed E-state index contributed by atoms with van der Waals surface area (Å²) >= 11 is 0. The van der Waals surface area contributed by atoms with Gasteiger partial charge in [0.05, 0.1) is 24.9 Å². The first-order valence-corrected chi connectivity index (χ1v) is 9.09. The second kappa shape index (κ2) is 10.1. The summed E-state index contributed by atoms with van der Waals surface area (Å²) in [6, 6.07) is 8.99. The molecule has 0 radical (unpaired) electrons. The number of anilines is 1. The van der Waals surface area contributed by atoms with E-state index in [2.05, 4.69) is 10.4 Å². The Bertz CT molecular complexity index is 802. The van der Waals surface area contributed by atoms with Crippen molar-refractivity contribution in [2.45, 2.75) is 25.3 Å². The number of para-hydroxylation sites is 1. The number of hydrogen-bond donors (Lipinski definition) is 2. The zero-order valence-electron chi connectivity index (χ0n) is 15.8. The van der Waals surface area contributed by atoms with Crippen molar-refractivity contribution in [1.82, 2.24) is 14.7 Å². The molecule has 152 valence electrons. The van der Waals surface area contributed by atoms with Gasteiger partial charge in [0.25, 0.3) is 5.91 Å². The number of nitrogens with one attached hydrogen (secondary N) is 1. The van der Waals surface area contributed by atoms with Gasteiger partial charge >= 0.3 is 0 Å². The molecule has 1 aromatic heterocycles. The summed E-state index contributed by atoms with van der Waals surface area (Å²) < 4.78 is 7.09. The molecule has 8 nitrogen and oxygen atoms in total. The summed E-state index contributed by atoms with van der Waals surface area (Å²) in [6.45, 7) is 1.71. The maximum atomic E-state index is 12.6. The molecular formula is C19H26ClN5O3. The number of hydrogen-bond acceptors (Lipinski definition) is 5. The lowest BCUT2D eigenvalue weighted by atomic mass is 10.0. The highest BCUT2D eigenvalue weighted by molar-refractivity contribution is 6.05. The summed E-state index contributed by atoms with van der Waals surface area (Å²) in [4.78, 5) is 26.5.